The molecular weight excluding hydrogens is 386 g/mol. The molecule has 2 heterocycles. The van der Waals surface area contributed by atoms with E-state index in [0.717, 1.165) is 18.4 Å². The van der Waals surface area contributed by atoms with Gasteiger partial charge in [-0.05, 0) is 43.0 Å². The van der Waals surface area contributed by atoms with Gasteiger partial charge in [-0.2, -0.15) is 0 Å². The second-order valence-corrected chi connectivity index (χ2v) is 7.41. The fourth-order valence-electron chi connectivity index (χ4n) is 3.94. The number of amides is 1. The number of likely N-dealkylation sites (tertiary alicyclic amines) is 1. The van der Waals surface area contributed by atoms with Crippen LogP contribution in [0.1, 0.15) is 36.6 Å². The summed E-state index contributed by atoms with van der Waals surface area (Å²) in [5, 5.41) is 0. The summed E-state index contributed by atoms with van der Waals surface area (Å²) in [4.78, 5) is 23.4. The Kier molecular flexibility index (Phi) is 5.70. The predicted molar refractivity (Wildman–Crippen MR) is 110 cm³/mol. The summed E-state index contributed by atoms with van der Waals surface area (Å²) in [7, 11) is 0. The van der Waals surface area contributed by atoms with E-state index in [1.54, 1.807) is 35.2 Å². The lowest BCUT2D eigenvalue weighted by atomic mass is 9.93. The van der Waals surface area contributed by atoms with E-state index < -0.39 is 0 Å². The maximum atomic E-state index is 14.5. The number of aromatic nitrogens is 2. The van der Waals surface area contributed by atoms with Crippen molar-refractivity contribution in [3.63, 3.8) is 0 Å². The molecule has 1 aliphatic heterocycles. The second kappa shape index (κ2) is 8.57. The number of piperidine rings is 1. The number of hydrogen-bond donors (Lipinski definition) is 1. The minimum absolute atomic E-state index is 0.0806. The van der Waals surface area contributed by atoms with Gasteiger partial charge in [0.2, 0.25) is 11.9 Å². The van der Waals surface area contributed by atoms with Crippen molar-refractivity contribution in [3.05, 3.63) is 77.6 Å². The number of anilines is 1. The number of carbonyl (C=O) groups excluding carboxylic acids is 1. The number of carbonyl (C=O) groups is 1. The van der Waals surface area contributed by atoms with E-state index in [1.807, 2.05) is 0 Å². The summed E-state index contributed by atoms with van der Waals surface area (Å²) in [6.45, 7) is 0.575. The number of benzene rings is 2. The van der Waals surface area contributed by atoms with Crippen molar-refractivity contribution in [2.75, 3.05) is 12.3 Å². The molecule has 1 aromatic heterocycles. The molecule has 5 nitrogen and oxygen atoms in total. The quantitative estimate of drug-likeness (QED) is 0.699. The summed E-state index contributed by atoms with van der Waals surface area (Å²) < 4.78 is 27.7. The molecule has 1 aliphatic rings. The summed E-state index contributed by atoms with van der Waals surface area (Å²) in [5.41, 5.74) is 8.06. The highest BCUT2D eigenvalue weighted by molar-refractivity contribution is 5.80. The van der Waals surface area contributed by atoms with E-state index in [9.17, 15) is 13.6 Å². The molecule has 1 atom stereocenters. The van der Waals surface area contributed by atoms with Gasteiger partial charge in [0.25, 0.3) is 0 Å². The van der Waals surface area contributed by atoms with E-state index in [1.165, 1.54) is 24.4 Å². The van der Waals surface area contributed by atoms with Crippen molar-refractivity contribution in [2.24, 2.45) is 0 Å². The van der Waals surface area contributed by atoms with Gasteiger partial charge < -0.3 is 10.6 Å². The Labute approximate surface area is 173 Å². The average Bonchev–Trinajstić information content (AvgIpc) is 2.76. The Morgan fingerprint density at radius 1 is 1.07 bits per heavy atom. The zero-order valence-corrected chi connectivity index (χ0v) is 16.4. The molecule has 1 fully saturated rings. The molecule has 1 saturated heterocycles. The first kappa shape index (κ1) is 19.9. The zero-order valence-electron chi connectivity index (χ0n) is 16.4. The third-order valence-corrected chi connectivity index (χ3v) is 5.41. The van der Waals surface area contributed by atoms with Crippen LogP contribution in [0, 0.1) is 11.6 Å². The van der Waals surface area contributed by atoms with Crippen molar-refractivity contribution >= 4 is 11.9 Å². The number of nitrogen functional groups attached to an aromatic ring is 1. The highest BCUT2D eigenvalue weighted by atomic mass is 19.1. The maximum absolute atomic E-state index is 14.5. The fraction of sp³-hybridized carbons (Fsp3) is 0.261. The molecule has 154 valence electrons. The molecule has 0 radical (unpaired) electrons. The lowest BCUT2D eigenvalue weighted by Gasteiger charge is -2.36. The summed E-state index contributed by atoms with van der Waals surface area (Å²) in [5.74, 6) is -0.718. The number of halogens is 2. The SMILES string of the molecule is Nc1ncc(-c2ccccc2F)c(C2CCCCN2C(=O)Cc2ccc(F)cc2)n1. The van der Waals surface area contributed by atoms with Crippen LogP contribution in [0.15, 0.2) is 54.7 Å². The smallest absolute Gasteiger partial charge is 0.227 e. The lowest BCUT2D eigenvalue weighted by Crippen LogP contribution is -2.40. The minimum atomic E-state index is -0.382. The molecule has 4 rings (SSSR count). The molecule has 0 spiro atoms. The van der Waals surface area contributed by atoms with Crippen LogP contribution in [0.3, 0.4) is 0 Å². The van der Waals surface area contributed by atoms with Gasteiger partial charge in [-0.15, -0.1) is 0 Å². The summed E-state index contributed by atoms with van der Waals surface area (Å²) >= 11 is 0. The van der Waals surface area contributed by atoms with Crippen molar-refractivity contribution in [2.45, 2.75) is 31.7 Å². The first-order valence-corrected chi connectivity index (χ1v) is 9.94. The number of hydrogen-bond acceptors (Lipinski definition) is 4. The van der Waals surface area contributed by atoms with Crippen LogP contribution in [-0.2, 0) is 11.2 Å². The normalized spacial score (nSPS) is 16.5. The third-order valence-electron chi connectivity index (χ3n) is 5.41. The van der Waals surface area contributed by atoms with Gasteiger partial charge in [0.15, 0.2) is 0 Å². The Hall–Kier alpha value is -3.35. The van der Waals surface area contributed by atoms with Crippen LogP contribution in [0.4, 0.5) is 14.7 Å². The van der Waals surface area contributed by atoms with E-state index >= 15 is 0 Å². The first-order valence-electron chi connectivity index (χ1n) is 9.94. The topological polar surface area (TPSA) is 72.1 Å². The molecular formula is C23H22F2N4O. The van der Waals surface area contributed by atoms with E-state index in [-0.39, 0.29) is 36.0 Å². The van der Waals surface area contributed by atoms with E-state index in [4.69, 9.17) is 5.73 Å². The van der Waals surface area contributed by atoms with Crippen LogP contribution in [0.25, 0.3) is 11.1 Å². The molecule has 30 heavy (non-hydrogen) atoms. The number of nitrogens with two attached hydrogens (primary N) is 1. The monoisotopic (exact) mass is 408 g/mol. The Balaban J connectivity index is 1.69. The van der Waals surface area contributed by atoms with Gasteiger partial charge in [-0.25, -0.2) is 18.7 Å². The van der Waals surface area contributed by atoms with Gasteiger partial charge in [0.1, 0.15) is 11.6 Å². The molecule has 1 amide bonds. The van der Waals surface area contributed by atoms with E-state index in [2.05, 4.69) is 9.97 Å². The van der Waals surface area contributed by atoms with Crippen molar-refractivity contribution < 1.29 is 13.6 Å². The molecule has 2 aromatic carbocycles. The molecule has 0 aliphatic carbocycles. The van der Waals surface area contributed by atoms with Gasteiger partial charge in [-0.1, -0.05) is 30.3 Å². The molecule has 1 unspecified atom stereocenters. The second-order valence-electron chi connectivity index (χ2n) is 7.41. The molecule has 7 heteroatoms. The van der Waals surface area contributed by atoms with Gasteiger partial charge in [0, 0.05) is 23.9 Å². The van der Waals surface area contributed by atoms with Crippen molar-refractivity contribution in [1.29, 1.82) is 0 Å². The highest BCUT2D eigenvalue weighted by Crippen LogP contribution is 2.37. The van der Waals surface area contributed by atoms with Crippen LogP contribution in [-0.4, -0.2) is 27.3 Å². The van der Waals surface area contributed by atoms with E-state index in [0.29, 0.717) is 29.8 Å². The summed E-state index contributed by atoms with van der Waals surface area (Å²) in [6.07, 6.45) is 4.18. The number of rotatable bonds is 4. The molecule has 2 N–H and O–H groups in total. The van der Waals surface area contributed by atoms with Gasteiger partial charge >= 0.3 is 0 Å². The number of nitrogens with zero attached hydrogens (tertiary/aromatic N) is 3. The Morgan fingerprint density at radius 2 is 1.83 bits per heavy atom. The largest absolute Gasteiger partial charge is 0.368 e. The van der Waals surface area contributed by atoms with Gasteiger partial charge in [-0.3, -0.25) is 4.79 Å². The first-order chi connectivity index (χ1) is 14.5. The van der Waals surface area contributed by atoms with Crippen LogP contribution >= 0.6 is 0 Å². The molecule has 3 aromatic rings. The minimum Gasteiger partial charge on any atom is -0.368 e. The fourth-order valence-corrected chi connectivity index (χ4v) is 3.94. The van der Waals surface area contributed by atoms with Crippen LogP contribution < -0.4 is 5.73 Å². The third kappa shape index (κ3) is 4.15. The van der Waals surface area contributed by atoms with Crippen molar-refractivity contribution in [3.8, 4) is 11.1 Å². The Bertz CT molecular complexity index is 1060. The predicted octanol–water partition coefficient (Wildman–Crippen LogP) is 4.30. The maximum Gasteiger partial charge on any atom is 0.227 e. The molecule has 0 saturated carbocycles. The van der Waals surface area contributed by atoms with Crippen molar-refractivity contribution in [1.82, 2.24) is 14.9 Å². The average molecular weight is 408 g/mol. The summed E-state index contributed by atoms with van der Waals surface area (Å²) in [6, 6.07) is 12.0. The Morgan fingerprint density at radius 3 is 2.60 bits per heavy atom. The lowest BCUT2D eigenvalue weighted by molar-refractivity contribution is -0.134. The van der Waals surface area contributed by atoms with Crippen LogP contribution in [0.2, 0.25) is 0 Å². The van der Waals surface area contributed by atoms with Crippen LogP contribution in [0.5, 0.6) is 0 Å². The molecule has 0 bridgehead atoms. The highest BCUT2D eigenvalue weighted by Gasteiger charge is 2.31. The zero-order chi connectivity index (χ0) is 21.1. The standard InChI is InChI=1S/C23H22F2N4O/c24-16-10-8-15(9-11-16)13-21(30)29-12-4-3-7-20(29)22-18(14-27-23(26)28-22)17-5-1-2-6-19(17)25/h1-2,5-6,8-11,14,20H,3-4,7,12-13H2,(H2,26,27,28). The van der Waals surface area contributed by atoms with Gasteiger partial charge in [0.05, 0.1) is 18.2 Å².